The normalized spacial score (nSPS) is 9.68. The molecule has 0 aromatic heterocycles. The van der Waals surface area contributed by atoms with Crippen LogP contribution in [0.15, 0.2) is 30.3 Å². The first-order chi connectivity index (χ1) is 10.7. The molecule has 0 heterocycles. The summed E-state index contributed by atoms with van der Waals surface area (Å²) < 4.78 is 10.2. The van der Waals surface area contributed by atoms with Crippen LogP contribution in [0.4, 0.5) is 9.59 Å². The minimum atomic E-state index is -0.484. The number of rotatable bonds is 9. The average Bonchev–Trinajstić information content (AvgIpc) is 2.52. The molecular formula is C15H23N3O4. The lowest BCUT2D eigenvalue weighted by Crippen LogP contribution is -2.40. The van der Waals surface area contributed by atoms with Gasteiger partial charge in [0.2, 0.25) is 0 Å². The number of hydrogen-bond donors (Lipinski definition) is 3. The number of carbonyl (C=O) groups excluding carboxylic acids is 2. The van der Waals surface area contributed by atoms with Gasteiger partial charge in [0.1, 0.15) is 5.75 Å². The monoisotopic (exact) mass is 309 g/mol. The summed E-state index contributed by atoms with van der Waals surface area (Å²) in [4.78, 5) is 22.4. The van der Waals surface area contributed by atoms with E-state index in [1.807, 2.05) is 30.3 Å². The van der Waals surface area contributed by atoms with E-state index in [4.69, 9.17) is 4.74 Å². The number of urea groups is 1. The first-order valence-electron chi connectivity index (χ1n) is 7.32. The highest BCUT2D eigenvalue weighted by Crippen LogP contribution is 2.07. The summed E-state index contributed by atoms with van der Waals surface area (Å²) in [6, 6.07) is 9.24. The zero-order valence-electron chi connectivity index (χ0n) is 12.8. The summed E-state index contributed by atoms with van der Waals surface area (Å²) in [5.41, 5.74) is 0. The Morgan fingerprint density at radius 2 is 1.68 bits per heavy atom. The second-order valence-corrected chi connectivity index (χ2v) is 4.34. The second-order valence-electron chi connectivity index (χ2n) is 4.34. The van der Waals surface area contributed by atoms with Crippen molar-refractivity contribution in [1.82, 2.24) is 16.0 Å². The molecule has 3 amide bonds. The molecular weight excluding hydrogens is 286 g/mol. The minimum Gasteiger partial charge on any atom is -0.494 e. The molecule has 0 aliphatic rings. The predicted molar refractivity (Wildman–Crippen MR) is 83.0 cm³/mol. The van der Waals surface area contributed by atoms with Crippen molar-refractivity contribution in [3.05, 3.63) is 30.3 Å². The first-order valence-corrected chi connectivity index (χ1v) is 7.32. The Morgan fingerprint density at radius 3 is 2.41 bits per heavy atom. The Bertz CT molecular complexity index is 440. The lowest BCUT2D eigenvalue weighted by Gasteiger charge is -2.09. The van der Waals surface area contributed by atoms with Crippen molar-refractivity contribution in [3.8, 4) is 5.75 Å². The molecule has 0 spiro atoms. The van der Waals surface area contributed by atoms with Crippen LogP contribution >= 0.6 is 0 Å². The maximum atomic E-state index is 11.4. The van der Waals surface area contributed by atoms with Crippen LogP contribution in [0.1, 0.15) is 13.3 Å². The average molecular weight is 309 g/mol. The third-order valence-corrected chi connectivity index (χ3v) is 2.57. The molecule has 22 heavy (non-hydrogen) atoms. The molecule has 0 unspecified atom stereocenters. The molecule has 1 aromatic carbocycles. The Hall–Kier alpha value is -2.44. The van der Waals surface area contributed by atoms with Crippen LogP contribution < -0.4 is 20.7 Å². The van der Waals surface area contributed by atoms with Crippen molar-refractivity contribution >= 4 is 12.1 Å². The van der Waals surface area contributed by atoms with Gasteiger partial charge < -0.3 is 25.4 Å². The molecule has 0 aliphatic carbocycles. The van der Waals surface area contributed by atoms with E-state index in [9.17, 15) is 9.59 Å². The van der Waals surface area contributed by atoms with Crippen molar-refractivity contribution in [2.75, 3.05) is 32.8 Å². The van der Waals surface area contributed by atoms with Crippen LogP contribution in [0.3, 0.4) is 0 Å². The molecule has 0 fully saturated rings. The maximum Gasteiger partial charge on any atom is 0.407 e. The van der Waals surface area contributed by atoms with Crippen molar-refractivity contribution in [1.29, 1.82) is 0 Å². The van der Waals surface area contributed by atoms with Crippen molar-refractivity contribution in [2.24, 2.45) is 0 Å². The number of ether oxygens (including phenoxy) is 2. The lowest BCUT2D eigenvalue weighted by molar-refractivity contribution is 0.152. The molecule has 122 valence electrons. The molecule has 7 nitrogen and oxygen atoms in total. The van der Waals surface area contributed by atoms with Gasteiger partial charge in [-0.1, -0.05) is 18.2 Å². The van der Waals surface area contributed by atoms with Crippen LogP contribution in [0.2, 0.25) is 0 Å². The number of amides is 3. The lowest BCUT2D eigenvalue weighted by atomic mass is 10.3. The molecule has 0 radical (unpaired) electrons. The van der Waals surface area contributed by atoms with Gasteiger partial charge in [0.15, 0.2) is 0 Å². The summed E-state index contributed by atoms with van der Waals surface area (Å²) in [6.07, 6.45) is 0.228. The Balaban J connectivity index is 1.94. The van der Waals surface area contributed by atoms with Crippen LogP contribution in [-0.4, -0.2) is 45.0 Å². The summed E-state index contributed by atoms with van der Waals surface area (Å²) in [5.74, 6) is 0.817. The molecule has 0 saturated carbocycles. The highest BCUT2D eigenvalue weighted by atomic mass is 16.5. The number of para-hydroxylation sites is 1. The summed E-state index contributed by atoms with van der Waals surface area (Å²) >= 11 is 0. The van der Waals surface area contributed by atoms with Crippen molar-refractivity contribution in [3.63, 3.8) is 0 Å². The van der Waals surface area contributed by atoms with E-state index in [0.717, 1.165) is 5.75 Å². The Labute approximate surface area is 130 Å². The van der Waals surface area contributed by atoms with Gasteiger partial charge in [-0.3, -0.25) is 0 Å². The van der Waals surface area contributed by atoms with E-state index >= 15 is 0 Å². The number of hydrogen-bond acceptors (Lipinski definition) is 4. The fraction of sp³-hybridized carbons (Fsp3) is 0.467. The van der Waals surface area contributed by atoms with Gasteiger partial charge in [0, 0.05) is 19.6 Å². The van der Waals surface area contributed by atoms with Gasteiger partial charge in [-0.2, -0.15) is 0 Å². The van der Waals surface area contributed by atoms with E-state index in [0.29, 0.717) is 39.3 Å². The van der Waals surface area contributed by atoms with E-state index in [2.05, 4.69) is 20.7 Å². The van der Waals surface area contributed by atoms with Crippen LogP contribution in [-0.2, 0) is 4.74 Å². The highest BCUT2D eigenvalue weighted by Gasteiger charge is 2.01. The van der Waals surface area contributed by atoms with Crippen LogP contribution in [0.25, 0.3) is 0 Å². The van der Waals surface area contributed by atoms with Crippen LogP contribution in [0, 0.1) is 0 Å². The smallest absolute Gasteiger partial charge is 0.407 e. The van der Waals surface area contributed by atoms with E-state index in [-0.39, 0.29) is 6.03 Å². The fourth-order valence-electron chi connectivity index (χ4n) is 1.57. The molecule has 1 rings (SSSR count). The van der Waals surface area contributed by atoms with Crippen molar-refractivity contribution in [2.45, 2.75) is 13.3 Å². The third-order valence-electron chi connectivity index (χ3n) is 2.57. The molecule has 0 atom stereocenters. The SMILES string of the molecule is CCOC(=O)NCCNC(=O)NCCCOc1ccccc1. The first kappa shape index (κ1) is 17.6. The highest BCUT2D eigenvalue weighted by molar-refractivity contribution is 5.73. The van der Waals surface area contributed by atoms with E-state index in [1.54, 1.807) is 6.92 Å². The number of alkyl carbamates (subject to hydrolysis) is 1. The summed E-state index contributed by atoms with van der Waals surface area (Å²) in [6.45, 7) is 3.77. The number of carbonyl (C=O) groups is 2. The van der Waals surface area contributed by atoms with E-state index in [1.165, 1.54) is 0 Å². The zero-order chi connectivity index (χ0) is 16.0. The predicted octanol–water partition coefficient (Wildman–Crippen LogP) is 1.50. The summed E-state index contributed by atoms with van der Waals surface area (Å²) in [5, 5.41) is 7.85. The maximum absolute atomic E-state index is 11.4. The topological polar surface area (TPSA) is 88.7 Å². The van der Waals surface area contributed by atoms with Gasteiger partial charge >= 0.3 is 12.1 Å². The van der Waals surface area contributed by atoms with Crippen molar-refractivity contribution < 1.29 is 19.1 Å². The molecule has 1 aromatic rings. The number of nitrogens with one attached hydrogen (secondary N) is 3. The Kier molecular flexibility index (Phi) is 9.00. The van der Waals surface area contributed by atoms with Gasteiger partial charge in [-0.05, 0) is 25.5 Å². The Morgan fingerprint density at radius 1 is 1.00 bits per heavy atom. The minimum absolute atomic E-state index is 0.273. The molecule has 3 N–H and O–H groups in total. The van der Waals surface area contributed by atoms with Crippen LogP contribution in [0.5, 0.6) is 5.75 Å². The quantitative estimate of drug-likeness (QED) is 0.603. The van der Waals surface area contributed by atoms with Gasteiger partial charge in [-0.25, -0.2) is 9.59 Å². The zero-order valence-corrected chi connectivity index (χ0v) is 12.8. The largest absolute Gasteiger partial charge is 0.494 e. The standard InChI is InChI=1S/C15H23N3O4/c1-2-21-15(20)18-11-10-17-14(19)16-9-6-12-22-13-7-4-3-5-8-13/h3-5,7-8H,2,6,9-12H2,1H3,(H,18,20)(H2,16,17,19). The molecule has 7 heteroatoms. The van der Waals surface area contributed by atoms with Gasteiger partial charge in [0.05, 0.1) is 13.2 Å². The molecule has 0 aliphatic heterocycles. The van der Waals surface area contributed by atoms with E-state index < -0.39 is 6.09 Å². The molecule has 0 bridgehead atoms. The third kappa shape index (κ3) is 8.68. The summed E-state index contributed by atoms with van der Waals surface area (Å²) in [7, 11) is 0. The van der Waals surface area contributed by atoms with Gasteiger partial charge in [0.25, 0.3) is 0 Å². The molecule has 0 saturated heterocycles. The van der Waals surface area contributed by atoms with Gasteiger partial charge in [-0.15, -0.1) is 0 Å². The number of benzene rings is 1. The fourth-order valence-corrected chi connectivity index (χ4v) is 1.57. The second kappa shape index (κ2) is 11.2.